The molecule has 2 aromatic rings. The van der Waals surface area contributed by atoms with Gasteiger partial charge in [-0.05, 0) is 56.2 Å². The summed E-state index contributed by atoms with van der Waals surface area (Å²) in [5.74, 6) is -0.465. The molecule has 2 aliphatic rings. The minimum absolute atomic E-state index is 0.0190. The van der Waals surface area contributed by atoms with Crippen molar-refractivity contribution in [2.45, 2.75) is 77.7 Å². The monoisotopic (exact) mass is 550 g/mol. The Morgan fingerprint density at radius 1 is 1.12 bits per heavy atom. The summed E-state index contributed by atoms with van der Waals surface area (Å²) < 4.78 is 23.0. The van der Waals surface area contributed by atoms with Crippen LogP contribution in [0, 0.1) is 5.92 Å². The summed E-state index contributed by atoms with van der Waals surface area (Å²) in [5.41, 5.74) is 1.37. The molecule has 0 fully saturated rings. The zero-order chi connectivity index (χ0) is 28.8. The van der Waals surface area contributed by atoms with Crippen LogP contribution >= 0.6 is 0 Å². The summed E-state index contributed by atoms with van der Waals surface area (Å²) in [4.78, 5) is 38.4. The van der Waals surface area contributed by atoms with Crippen molar-refractivity contribution in [2.24, 2.45) is 5.92 Å². The molecule has 2 unspecified atom stereocenters. The number of Topliss-reactive ketones (excluding diaryl/α,β-unsaturated/α-hetero) is 1. The largest absolute Gasteiger partial charge is 0.507 e. The third-order valence-electron chi connectivity index (χ3n) is 7.14. The highest BCUT2D eigenvalue weighted by Gasteiger charge is 2.37. The zero-order valence-electron chi connectivity index (χ0n) is 23.7. The van der Waals surface area contributed by atoms with Crippen LogP contribution in [0.5, 0.6) is 23.0 Å². The molecule has 8 heteroatoms. The van der Waals surface area contributed by atoms with Gasteiger partial charge in [-0.2, -0.15) is 0 Å². The second kappa shape index (κ2) is 13.0. The third-order valence-corrected chi connectivity index (χ3v) is 7.14. The summed E-state index contributed by atoms with van der Waals surface area (Å²) in [6, 6.07) is 7.01. The molecular formula is C32H38O8. The predicted octanol–water partition coefficient (Wildman–Crippen LogP) is 6.36. The molecule has 0 amide bonds. The van der Waals surface area contributed by atoms with E-state index >= 15 is 0 Å². The first kappa shape index (κ1) is 29.2. The summed E-state index contributed by atoms with van der Waals surface area (Å²) in [6.45, 7) is 6.26. The van der Waals surface area contributed by atoms with Crippen LogP contribution < -0.4 is 14.2 Å². The molecule has 0 aliphatic carbocycles. The molecule has 2 aromatic carbocycles. The highest BCUT2D eigenvalue weighted by molar-refractivity contribution is 5.98. The summed E-state index contributed by atoms with van der Waals surface area (Å²) >= 11 is 0. The number of benzene rings is 2. The maximum Gasteiger partial charge on any atom is 0.342 e. The predicted molar refractivity (Wildman–Crippen MR) is 150 cm³/mol. The fraction of sp³-hybridized carbons (Fsp3) is 0.469. The number of hydrogen-bond donors (Lipinski definition) is 1. The van der Waals surface area contributed by atoms with E-state index in [1.54, 1.807) is 38.3 Å². The standard InChI is InChI=1S/C32H38O8/c1-19(2)18-38-31-23(14-9-15-25(31)37-4)24-17-27(34)40-26-16-21-11-6-5-7-12-22(33)13-8-10-20(3)39-32(36)28(21)30(35)29(24)26/h6,9,11,14-16,19-20,24,35H,5,7-8,10,12-13,17-18H2,1-4H3/b11-6+. The number of carbonyl (C=O) groups is 3. The number of para-hydroxylation sites is 1. The Hall–Kier alpha value is -3.81. The number of esters is 2. The lowest BCUT2D eigenvalue weighted by atomic mass is 9.83. The van der Waals surface area contributed by atoms with Crippen LogP contribution in [0.15, 0.2) is 30.3 Å². The van der Waals surface area contributed by atoms with E-state index in [0.717, 1.165) is 0 Å². The molecule has 0 aromatic heterocycles. The van der Waals surface area contributed by atoms with Gasteiger partial charge in [0.05, 0.1) is 26.2 Å². The molecule has 1 N–H and O–H groups in total. The second-order valence-corrected chi connectivity index (χ2v) is 10.9. The highest BCUT2D eigenvalue weighted by atomic mass is 16.5. The average Bonchev–Trinajstić information content (AvgIpc) is 2.90. The highest BCUT2D eigenvalue weighted by Crippen LogP contribution is 2.50. The number of methoxy groups -OCH3 is 1. The number of carbonyl (C=O) groups excluding carboxylic acids is 3. The fourth-order valence-electron chi connectivity index (χ4n) is 5.16. The van der Waals surface area contributed by atoms with Crippen LogP contribution in [0.25, 0.3) is 6.08 Å². The number of phenols is 1. The Balaban J connectivity index is 1.85. The molecule has 0 saturated carbocycles. The van der Waals surface area contributed by atoms with Crippen LogP contribution in [0.4, 0.5) is 0 Å². The van der Waals surface area contributed by atoms with Gasteiger partial charge in [0.25, 0.3) is 0 Å². The maximum absolute atomic E-state index is 13.5. The van der Waals surface area contributed by atoms with E-state index in [9.17, 15) is 19.5 Å². The topological polar surface area (TPSA) is 108 Å². The van der Waals surface area contributed by atoms with Gasteiger partial charge in [0, 0.05) is 29.9 Å². The average molecular weight is 551 g/mol. The number of ketones is 1. The van der Waals surface area contributed by atoms with Gasteiger partial charge < -0.3 is 24.1 Å². The number of cyclic esters (lactones) is 1. The van der Waals surface area contributed by atoms with Gasteiger partial charge >= 0.3 is 11.9 Å². The van der Waals surface area contributed by atoms with E-state index in [4.69, 9.17) is 18.9 Å². The fourth-order valence-corrected chi connectivity index (χ4v) is 5.16. The minimum atomic E-state index is -0.673. The van der Waals surface area contributed by atoms with Crippen molar-refractivity contribution >= 4 is 23.8 Å². The van der Waals surface area contributed by atoms with Crippen molar-refractivity contribution in [3.63, 3.8) is 0 Å². The van der Waals surface area contributed by atoms with E-state index in [-0.39, 0.29) is 35.2 Å². The quantitative estimate of drug-likeness (QED) is 0.339. The summed E-state index contributed by atoms with van der Waals surface area (Å²) in [6.07, 6.45) is 6.47. The third kappa shape index (κ3) is 6.66. The summed E-state index contributed by atoms with van der Waals surface area (Å²) in [7, 11) is 1.55. The van der Waals surface area contributed by atoms with Gasteiger partial charge in [-0.15, -0.1) is 0 Å². The molecule has 8 nitrogen and oxygen atoms in total. The number of rotatable bonds is 5. The number of allylic oxidation sites excluding steroid dienone is 1. The molecule has 0 bridgehead atoms. The number of phenolic OH excluding ortho intramolecular Hbond substituents is 1. The van der Waals surface area contributed by atoms with Crippen molar-refractivity contribution in [3.05, 3.63) is 52.6 Å². The lowest BCUT2D eigenvalue weighted by Crippen LogP contribution is -2.24. The first-order chi connectivity index (χ1) is 19.2. The first-order valence-electron chi connectivity index (χ1n) is 14.0. The molecule has 0 saturated heterocycles. The molecule has 2 aliphatic heterocycles. The number of hydrogen-bond acceptors (Lipinski definition) is 8. The van der Waals surface area contributed by atoms with Gasteiger partial charge in [-0.3, -0.25) is 9.59 Å². The van der Waals surface area contributed by atoms with Crippen molar-refractivity contribution in [3.8, 4) is 23.0 Å². The molecule has 0 radical (unpaired) electrons. The molecule has 2 heterocycles. The number of ether oxygens (including phenoxy) is 4. The SMILES string of the molecule is COc1cccc(C2CC(=O)Oc3cc4c(c(O)c32)C(=O)OC(C)CCCC(=O)CCC/C=C/4)c1OCC(C)C. The van der Waals surface area contributed by atoms with Gasteiger partial charge in [0.2, 0.25) is 0 Å². The van der Waals surface area contributed by atoms with Crippen molar-refractivity contribution < 1.29 is 38.4 Å². The lowest BCUT2D eigenvalue weighted by Gasteiger charge is -2.29. The maximum atomic E-state index is 13.5. The number of aromatic hydroxyl groups is 1. The van der Waals surface area contributed by atoms with Crippen LogP contribution in [-0.2, 0) is 14.3 Å². The normalized spacial score (nSPS) is 21.0. The van der Waals surface area contributed by atoms with E-state index in [2.05, 4.69) is 0 Å². The van der Waals surface area contributed by atoms with Crippen molar-refractivity contribution in [2.75, 3.05) is 13.7 Å². The van der Waals surface area contributed by atoms with Crippen LogP contribution in [0.2, 0.25) is 0 Å². The van der Waals surface area contributed by atoms with Crippen molar-refractivity contribution in [1.29, 1.82) is 0 Å². The van der Waals surface area contributed by atoms with Crippen LogP contribution in [-0.4, -0.2) is 42.6 Å². The summed E-state index contributed by atoms with van der Waals surface area (Å²) in [5, 5.41) is 11.7. The Morgan fingerprint density at radius 3 is 2.65 bits per heavy atom. The second-order valence-electron chi connectivity index (χ2n) is 10.9. The molecule has 4 rings (SSSR count). The number of fused-ring (bicyclic) bond motifs is 2. The lowest BCUT2D eigenvalue weighted by molar-refractivity contribution is -0.135. The van der Waals surface area contributed by atoms with Crippen molar-refractivity contribution in [1.82, 2.24) is 0 Å². The van der Waals surface area contributed by atoms with Crippen LogP contribution in [0.1, 0.15) is 98.7 Å². The molecule has 214 valence electrons. The Kier molecular flexibility index (Phi) is 9.50. The smallest absolute Gasteiger partial charge is 0.342 e. The first-order valence-corrected chi connectivity index (χ1v) is 14.0. The van der Waals surface area contributed by atoms with E-state index in [1.165, 1.54) is 0 Å². The molecular weight excluding hydrogens is 512 g/mol. The Labute approximate surface area is 235 Å². The van der Waals surface area contributed by atoms with E-state index in [1.807, 2.05) is 26.0 Å². The van der Waals surface area contributed by atoms with E-state index < -0.39 is 24.0 Å². The molecule has 0 spiro atoms. The minimum Gasteiger partial charge on any atom is -0.507 e. The zero-order valence-corrected chi connectivity index (χ0v) is 23.7. The van der Waals surface area contributed by atoms with Crippen LogP contribution in [0.3, 0.4) is 0 Å². The van der Waals surface area contributed by atoms with Gasteiger partial charge in [-0.25, -0.2) is 4.79 Å². The van der Waals surface area contributed by atoms with Gasteiger partial charge in [0.1, 0.15) is 22.8 Å². The van der Waals surface area contributed by atoms with E-state index in [0.29, 0.717) is 73.3 Å². The molecule has 2 atom stereocenters. The Bertz CT molecular complexity index is 1290. The Morgan fingerprint density at radius 2 is 1.90 bits per heavy atom. The van der Waals surface area contributed by atoms with Gasteiger partial charge in [0.15, 0.2) is 11.5 Å². The molecule has 40 heavy (non-hydrogen) atoms. The van der Waals surface area contributed by atoms with Gasteiger partial charge in [-0.1, -0.05) is 38.1 Å².